The van der Waals surface area contributed by atoms with Crippen molar-refractivity contribution in [3.8, 4) is 12.3 Å². The second kappa shape index (κ2) is 2.63. The Morgan fingerprint density at radius 2 is 2.00 bits per heavy atom. The van der Waals surface area contributed by atoms with E-state index in [0.29, 0.717) is 0 Å². The Balaban J connectivity index is 3.40. The van der Waals surface area contributed by atoms with E-state index in [9.17, 15) is 4.39 Å². The van der Waals surface area contributed by atoms with Crippen molar-refractivity contribution in [3.63, 3.8) is 0 Å². The molecule has 0 aliphatic heterocycles. The van der Waals surface area contributed by atoms with Crippen LogP contribution >= 0.6 is 0 Å². The lowest BCUT2D eigenvalue weighted by Gasteiger charge is -2.00. The zero-order valence-electron chi connectivity index (χ0n) is 4.61. The van der Waals surface area contributed by atoms with E-state index in [1.54, 1.807) is 13.8 Å². The number of hydrogen-bond donors (Lipinski definition) is 0. The van der Waals surface area contributed by atoms with Gasteiger partial charge in [0.2, 0.25) is 0 Å². The Labute approximate surface area is 43.7 Å². The van der Waals surface area contributed by atoms with Crippen molar-refractivity contribution < 1.29 is 4.39 Å². The molecule has 0 aliphatic carbocycles. The summed E-state index contributed by atoms with van der Waals surface area (Å²) in [4.78, 5) is 0. The molecule has 0 bridgehead atoms. The van der Waals surface area contributed by atoms with Gasteiger partial charge >= 0.3 is 0 Å². The Hall–Kier alpha value is -0.510. The number of halogens is 1. The molecule has 1 heteroatoms. The molecule has 0 nitrogen and oxygen atoms in total. The Bertz CT molecular complexity index is 78.7. The lowest BCUT2D eigenvalue weighted by molar-refractivity contribution is 0.326. The number of rotatable bonds is 1. The van der Waals surface area contributed by atoms with Gasteiger partial charge in [0, 0.05) is 0 Å². The first-order valence-electron chi connectivity index (χ1n) is 2.28. The first kappa shape index (κ1) is 6.49. The van der Waals surface area contributed by atoms with E-state index in [1.165, 1.54) is 0 Å². The third-order valence-corrected chi connectivity index (χ3v) is 0.745. The van der Waals surface area contributed by atoms with Crippen molar-refractivity contribution in [1.29, 1.82) is 0 Å². The van der Waals surface area contributed by atoms with Crippen LogP contribution in [0.1, 0.15) is 13.8 Å². The maximum Gasteiger partial charge on any atom is 0.162 e. The summed E-state index contributed by atoms with van der Waals surface area (Å²) in [6, 6.07) is 0. The van der Waals surface area contributed by atoms with E-state index >= 15 is 0 Å². The summed E-state index contributed by atoms with van der Waals surface area (Å²) < 4.78 is 12.0. The van der Waals surface area contributed by atoms with Gasteiger partial charge in [-0.2, -0.15) is 0 Å². The summed E-state index contributed by atoms with van der Waals surface area (Å²) in [5.41, 5.74) is 0. The van der Waals surface area contributed by atoms with Crippen LogP contribution < -0.4 is 0 Å². The molecule has 0 fully saturated rings. The molecular formula is C6H9F. The number of terminal acetylenes is 1. The second-order valence-corrected chi connectivity index (χ2v) is 1.81. The molecule has 0 spiro atoms. The molecule has 0 radical (unpaired) electrons. The second-order valence-electron chi connectivity index (χ2n) is 1.81. The summed E-state index contributed by atoms with van der Waals surface area (Å²) in [6.07, 6.45) is 3.68. The molecule has 0 saturated carbocycles. The number of alkyl halides is 1. The molecule has 1 unspecified atom stereocenters. The summed E-state index contributed by atoms with van der Waals surface area (Å²) in [6.45, 7) is 3.51. The molecule has 0 aliphatic rings. The summed E-state index contributed by atoms with van der Waals surface area (Å²) in [5, 5.41) is 0. The summed E-state index contributed by atoms with van der Waals surface area (Å²) in [5.74, 6) is 1.96. The van der Waals surface area contributed by atoms with E-state index in [0.717, 1.165) is 0 Å². The van der Waals surface area contributed by atoms with E-state index in [4.69, 9.17) is 6.42 Å². The molecule has 0 amide bonds. The molecule has 0 aromatic carbocycles. The molecule has 0 aromatic heterocycles. The van der Waals surface area contributed by atoms with Crippen molar-refractivity contribution in [2.24, 2.45) is 5.92 Å². The normalized spacial score (nSPS) is 13.6. The fourth-order valence-electron chi connectivity index (χ4n) is 0.192. The van der Waals surface area contributed by atoms with E-state index in [-0.39, 0.29) is 5.92 Å². The van der Waals surface area contributed by atoms with Crippen molar-refractivity contribution in [1.82, 2.24) is 0 Å². The third kappa shape index (κ3) is 2.22. The largest absolute Gasteiger partial charge is 0.233 e. The topological polar surface area (TPSA) is 0 Å². The third-order valence-electron chi connectivity index (χ3n) is 0.745. The fraction of sp³-hybridized carbons (Fsp3) is 0.667. The average molecular weight is 100 g/mol. The predicted molar refractivity (Wildman–Crippen MR) is 28.6 cm³/mol. The van der Waals surface area contributed by atoms with Crippen molar-refractivity contribution in [2.75, 3.05) is 0 Å². The van der Waals surface area contributed by atoms with Crippen molar-refractivity contribution in [3.05, 3.63) is 0 Å². The SMILES string of the molecule is C#CC(F)C(C)C. The molecule has 40 valence electrons. The van der Waals surface area contributed by atoms with Crippen LogP contribution in [0.15, 0.2) is 0 Å². The van der Waals surface area contributed by atoms with Crippen LogP contribution in [0.25, 0.3) is 0 Å². The van der Waals surface area contributed by atoms with Crippen LogP contribution in [-0.4, -0.2) is 6.17 Å². The monoisotopic (exact) mass is 100 g/mol. The summed E-state index contributed by atoms with van der Waals surface area (Å²) in [7, 11) is 0. The highest BCUT2D eigenvalue weighted by Gasteiger charge is 2.04. The highest BCUT2D eigenvalue weighted by Crippen LogP contribution is 2.02. The van der Waals surface area contributed by atoms with Crippen LogP contribution in [0, 0.1) is 18.3 Å². The van der Waals surface area contributed by atoms with Gasteiger partial charge in [0.1, 0.15) is 0 Å². The molecule has 0 aromatic rings. The minimum absolute atomic E-state index is 0.0370. The molecule has 7 heavy (non-hydrogen) atoms. The average Bonchev–Trinajstić information content (AvgIpc) is 1.65. The Morgan fingerprint density at radius 3 is 2.00 bits per heavy atom. The van der Waals surface area contributed by atoms with Crippen LogP contribution in [0.5, 0.6) is 0 Å². The molecular weight excluding hydrogens is 91.1 g/mol. The molecule has 0 heterocycles. The zero-order valence-corrected chi connectivity index (χ0v) is 4.61. The van der Waals surface area contributed by atoms with E-state index in [1.807, 2.05) is 5.92 Å². The standard InChI is InChI=1S/C6H9F/c1-4-6(7)5(2)3/h1,5-6H,2-3H3. The van der Waals surface area contributed by atoms with Gasteiger partial charge < -0.3 is 0 Å². The van der Waals surface area contributed by atoms with Crippen LogP contribution in [0.3, 0.4) is 0 Å². The van der Waals surface area contributed by atoms with Crippen LogP contribution in [0.4, 0.5) is 4.39 Å². The van der Waals surface area contributed by atoms with Crippen molar-refractivity contribution >= 4 is 0 Å². The van der Waals surface area contributed by atoms with Gasteiger partial charge in [0.25, 0.3) is 0 Å². The van der Waals surface area contributed by atoms with Gasteiger partial charge in [-0.3, -0.25) is 0 Å². The van der Waals surface area contributed by atoms with Crippen LogP contribution in [-0.2, 0) is 0 Å². The minimum Gasteiger partial charge on any atom is -0.233 e. The maximum atomic E-state index is 12.0. The highest BCUT2D eigenvalue weighted by molar-refractivity contribution is 4.94. The van der Waals surface area contributed by atoms with E-state index in [2.05, 4.69) is 0 Å². The summed E-state index contributed by atoms with van der Waals surface area (Å²) >= 11 is 0. The quantitative estimate of drug-likeness (QED) is 0.439. The van der Waals surface area contributed by atoms with Gasteiger partial charge in [-0.05, 0) is 5.92 Å². The lowest BCUT2D eigenvalue weighted by atomic mass is 10.1. The predicted octanol–water partition coefficient (Wildman–Crippen LogP) is 1.61. The fourth-order valence-corrected chi connectivity index (χ4v) is 0.192. The first-order chi connectivity index (χ1) is 3.18. The molecule has 1 atom stereocenters. The number of hydrogen-bond acceptors (Lipinski definition) is 0. The minimum atomic E-state index is -1.07. The molecule has 0 rings (SSSR count). The van der Waals surface area contributed by atoms with E-state index < -0.39 is 6.17 Å². The maximum absolute atomic E-state index is 12.0. The smallest absolute Gasteiger partial charge is 0.162 e. The van der Waals surface area contributed by atoms with Crippen LogP contribution in [0.2, 0.25) is 0 Å². The first-order valence-corrected chi connectivity index (χ1v) is 2.28. The van der Waals surface area contributed by atoms with Gasteiger partial charge in [0.05, 0.1) is 0 Å². The molecule has 0 saturated heterocycles. The van der Waals surface area contributed by atoms with Crippen molar-refractivity contribution in [2.45, 2.75) is 20.0 Å². The van der Waals surface area contributed by atoms with Gasteiger partial charge in [-0.1, -0.05) is 19.8 Å². The Morgan fingerprint density at radius 1 is 1.57 bits per heavy atom. The highest BCUT2D eigenvalue weighted by atomic mass is 19.1. The van der Waals surface area contributed by atoms with Gasteiger partial charge in [0.15, 0.2) is 6.17 Å². The van der Waals surface area contributed by atoms with Gasteiger partial charge in [-0.25, -0.2) is 4.39 Å². The van der Waals surface area contributed by atoms with Gasteiger partial charge in [-0.15, -0.1) is 6.42 Å². The zero-order chi connectivity index (χ0) is 5.86. The Kier molecular flexibility index (Phi) is 2.44. The lowest BCUT2D eigenvalue weighted by Crippen LogP contribution is -2.04. The molecule has 0 N–H and O–H groups in total.